The summed E-state index contributed by atoms with van der Waals surface area (Å²) in [5.41, 5.74) is 4.73. The second-order valence-corrected chi connectivity index (χ2v) is 9.35. The van der Waals surface area contributed by atoms with Crippen LogP contribution in [-0.4, -0.2) is 34.9 Å². The maximum absolute atomic E-state index is 13.2. The summed E-state index contributed by atoms with van der Waals surface area (Å²) in [6, 6.07) is 18.9. The molecule has 1 amide bonds. The molecule has 5 rings (SSSR count). The number of rotatable bonds is 7. The van der Waals surface area contributed by atoms with Gasteiger partial charge in [-0.1, -0.05) is 18.2 Å². The van der Waals surface area contributed by atoms with Crippen LogP contribution in [0.4, 0.5) is 5.69 Å². The predicted octanol–water partition coefficient (Wildman–Crippen LogP) is 5.27. The number of thioether (sulfide) groups is 1. The minimum absolute atomic E-state index is 0.110. The normalized spacial score (nSPS) is 14.6. The van der Waals surface area contributed by atoms with Gasteiger partial charge in [-0.25, -0.2) is 0 Å². The van der Waals surface area contributed by atoms with Gasteiger partial charge in [0.25, 0.3) is 0 Å². The fourth-order valence-electron chi connectivity index (χ4n) is 4.00. The Hall–Kier alpha value is -3.91. The Morgan fingerprint density at radius 3 is 2.80 bits per heavy atom. The molecule has 7 nitrogen and oxygen atoms in total. The number of hydrogen-bond acceptors (Lipinski definition) is 6. The number of nitrogens with one attached hydrogen (secondary N) is 2. The van der Waals surface area contributed by atoms with E-state index in [-0.39, 0.29) is 17.6 Å². The van der Waals surface area contributed by atoms with E-state index in [1.54, 1.807) is 43.3 Å². The first-order valence-corrected chi connectivity index (χ1v) is 12.2. The number of nitrogens with zero attached hydrogens (tertiary/aromatic N) is 1. The van der Waals surface area contributed by atoms with E-state index < -0.39 is 0 Å². The Kier molecular flexibility index (Phi) is 6.63. The highest BCUT2D eigenvalue weighted by Gasteiger charge is 2.27. The van der Waals surface area contributed by atoms with Crippen LogP contribution in [0.1, 0.15) is 11.1 Å². The molecule has 0 fully saturated rings. The van der Waals surface area contributed by atoms with Gasteiger partial charge in [0, 0.05) is 22.4 Å². The number of fused-ring (bicyclic) bond motifs is 1. The topological polar surface area (TPSA) is 96.5 Å². The third kappa shape index (κ3) is 5.27. The smallest absolute Gasteiger partial charge is 0.231 e. The van der Waals surface area contributed by atoms with E-state index in [1.807, 2.05) is 42.6 Å². The number of anilines is 1. The molecule has 1 aromatic heterocycles. The molecule has 35 heavy (non-hydrogen) atoms. The lowest BCUT2D eigenvalue weighted by Gasteiger charge is -2.25. The molecule has 0 bridgehead atoms. The molecular weight excluding hydrogens is 462 g/mol. The monoisotopic (exact) mass is 487 g/mol. The maximum Gasteiger partial charge on any atom is 0.231 e. The molecule has 178 valence electrons. The summed E-state index contributed by atoms with van der Waals surface area (Å²) in [5.74, 6) is 1.98. The van der Waals surface area contributed by atoms with Crippen molar-refractivity contribution >= 4 is 23.4 Å². The predicted molar refractivity (Wildman–Crippen MR) is 136 cm³/mol. The molecule has 8 heteroatoms. The Bertz CT molecular complexity index is 1320. The minimum atomic E-state index is -0.350. The van der Waals surface area contributed by atoms with Gasteiger partial charge in [-0.3, -0.25) is 9.89 Å². The van der Waals surface area contributed by atoms with E-state index >= 15 is 0 Å². The number of aromatic nitrogens is 2. The molecule has 3 N–H and O–H groups in total. The third-order valence-corrected chi connectivity index (χ3v) is 7.07. The Balaban J connectivity index is 1.35. The van der Waals surface area contributed by atoms with Crippen LogP contribution >= 0.6 is 11.8 Å². The zero-order valence-electron chi connectivity index (χ0n) is 19.2. The Morgan fingerprint density at radius 2 is 2.03 bits per heavy atom. The summed E-state index contributed by atoms with van der Waals surface area (Å²) in [7, 11) is 1.65. The van der Waals surface area contributed by atoms with Crippen LogP contribution in [0, 0.1) is 5.92 Å². The number of phenolic OH excluding ortho intramolecular Hbond substituents is 1. The average molecular weight is 488 g/mol. The zero-order chi connectivity index (χ0) is 24.2. The van der Waals surface area contributed by atoms with Crippen LogP contribution in [0.2, 0.25) is 0 Å². The lowest BCUT2D eigenvalue weighted by atomic mass is 9.95. The maximum atomic E-state index is 13.2. The van der Waals surface area contributed by atoms with Gasteiger partial charge in [0.05, 0.1) is 24.9 Å². The lowest BCUT2D eigenvalue weighted by Crippen LogP contribution is -2.32. The number of aromatic hydroxyl groups is 1. The number of benzene rings is 3. The van der Waals surface area contributed by atoms with Crippen LogP contribution in [0.15, 0.2) is 78.0 Å². The van der Waals surface area contributed by atoms with Crippen LogP contribution in [0.3, 0.4) is 0 Å². The Labute approximate surface area is 207 Å². The van der Waals surface area contributed by atoms with Crippen molar-refractivity contribution in [2.45, 2.75) is 17.1 Å². The van der Waals surface area contributed by atoms with Gasteiger partial charge in [0.1, 0.15) is 23.9 Å². The first-order valence-electron chi connectivity index (χ1n) is 11.2. The molecule has 0 spiro atoms. The van der Waals surface area contributed by atoms with E-state index in [4.69, 9.17) is 9.47 Å². The zero-order valence-corrected chi connectivity index (χ0v) is 20.0. The van der Waals surface area contributed by atoms with Crippen molar-refractivity contribution in [3.63, 3.8) is 0 Å². The minimum Gasteiger partial charge on any atom is -0.508 e. The molecule has 1 aliphatic rings. The third-order valence-electron chi connectivity index (χ3n) is 5.95. The number of methoxy groups -OCH3 is 1. The van der Waals surface area contributed by atoms with Crippen molar-refractivity contribution in [3.05, 3.63) is 84.2 Å². The van der Waals surface area contributed by atoms with Gasteiger partial charge in [0.15, 0.2) is 0 Å². The number of carbonyl (C=O) groups excluding carboxylic acids is 1. The first kappa shape index (κ1) is 22.9. The van der Waals surface area contributed by atoms with Gasteiger partial charge < -0.3 is 19.9 Å². The average Bonchev–Trinajstić information content (AvgIpc) is 3.43. The largest absolute Gasteiger partial charge is 0.508 e. The van der Waals surface area contributed by atoms with Gasteiger partial charge in [-0.15, -0.1) is 11.8 Å². The standard InChI is InChI=1S/C27H25N3O4S/c1-33-23-6-2-17(3-7-23)16-35-26-12-18(21-13-28-29-14-21)4-8-24(26)30-27(32)20-10-19-11-22(31)5-9-25(19)34-15-20/h2-9,11-14,20,31H,10,15-16H2,1H3,(H,28,29)(H,30,32). The summed E-state index contributed by atoms with van der Waals surface area (Å²) in [6.45, 7) is 0.297. The van der Waals surface area contributed by atoms with E-state index in [0.717, 1.165) is 44.3 Å². The molecule has 1 aliphatic heterocycles. The fraction of sp³-hybridized carbons (Fsp3) is 0.185. The van der Waals surface area contributed by atoms with Crippen LogP contribution < -0.4 is 14.8 Å². The van der Waals surface area contributed by atoms with E-state index in [0.29, 0.717) is 18.8 Å². The highest BCUT2D eigenvalue weighted by atomic mass is 32.2. The van der Waals surface area contributed by atoms with Gasteiger partial charge in [-0.2, -0.15) is 5.10 Å². The van der Waals surface area contributed by atoms with E-state index in [9.17, 15) is 9.90 Å². The van der Waals surface area contributed by atoms with Crippen molar-refractivity contribution in [1.82, 2.24) is 10.2 Å². The second-order valence-electron chi connectivity index (χ2n) is 8.33. The summed E-state index contributed by atoms with van der Waals surface area (Å²) in [5, 5.41) is 19.8. The molecule has 4 aromatic rings. The first-order chi connectivity index (χ1) is 17.1. The molecular formula is C27H25N3O4S. The Morgan fingerprint density at radius 1 is 1.17 bits per heavy atom. The number of aromatic amines is 1. The van der Waals surface area contributed by atoms with Crippen molar-refractivity contribution < 1.29 is 19.4 Å². The number of hydrogen-bond donors (Lipinski definition) is 3. The summed E-state index contributed by atoms with van der Waals surface area (Å²) in [4.78, 5) is 14.1. The number of phenols is 1. The lowest BCUT2D eigenvalue weighted by molar-refractivity contribution is -0.121. The number of amides is 1. The van der Waals surface area contributed by atoms with Gasteiger partial charge >= 0.3 is 0 Å². The summed E-state index contributed by atoms with van der Waals surface area (Å²) < 4.78 is 11.0. The number of carbonyl (C=O) groups is 1. The highest BCUT2D eigenvalue weighted by molar-refractivity contribution is 7.98. The van der Waals surface area contributed by atoms with E-state index in [1.165, 1.54) is 0 Å². The van der Waals surface area contributed by atoms with Crippen LogP contribution in [0.25, 0.3) is 11.1 Å². The van der Waals surface area contributed by atoms with Crippen molar-refractivity contribution in [1.29, 1.82) is 0 Å². The van der Waals surface area contributed by atoms with Gasteiger partial charge in [0.2, 0.25) is 5.91 Å². The fourth-order valence-corrected chi connectivity index (χ4v) is 5.00. The van der Waals surface area contributed by atoms with Crippen LogP contribution in [-0.2, 0) is 17.0 Å². The quantitative estimate of drug-likeness (QED) is 0.307. The van der Waals surface area contributed by atoms with Gasteiger partial charge in [-0.05, 0) is 65.6 Å². The van der Waals surface area contributed by atoms with E-state index in [2.05, 4.69) is 21.6 Å². The SMILES string of the molecule is COc1ccc(CSc2cc(-c3cn[nH]c3)ccc2NC(=O)C2COc3ccc(O)cc3C2)cc1. The molecule has 0 saturated heterocycles. The second kappa shape index (κ2) is 10.1. The van der Waals surface area contributed by atoms with Crippen molar-refractivity contribution in [3.8, 4) is 28.4 Å². The highest BCUT2D eigenvalue weighted by Crippen LogP contribution is 2.36. The molecule has 3 aromatic carbocycles. The van der Waals surface area contributed by atoms with Crippen LogP contribution in [0.5, 0.6) is 17.2 Å². The summed E-state index contributed by atoms with van der Waals surface area (Å²) in [6.07, 6.45) is 4.13. The molecule has 0 saturated carbocycles. The molecule has 1 unspecified atom stereocenters. The van der Waals surface area contributed by atoms with Crippen molar-refractivity contribution in [2.75, 3.05) is 19.0 Å². The molecule has 1 atom stereocenters. The number of H-pyrrole nitrogens is 1. The molecule has 2 heterocycles. The summed E-state index contributed by atoms with van der Waals surface area (Å²) >= 11 is 1.65. The molecule has 0 aliphatic carbocycles. The molecule has 0 radical (unpaired) electrons. The van der Waals surface area contributed by atoms with Crippen molar-refractivity contribution in [2.24, 2.45) is 5.92 Å². The number of ether oxygens (including phenoxy) is 2.